The van der Waals surface area contributed by atoms with Crippen LogP contribution in [0.3, 0.4) is 0 Å². The summed E-state index contributed by atoms with van der Waals surface area (Å²) in [5.74, 6) is -0.208. The lowest BCUT2D eigenvalue weighted by Crippen LogP contribution is -2.37. The van der Waals surface area contributed by atoms with Gasteiger partial charge in [0.1, 0.15) is 11.9 Å². The Morgan fingerprint density at radius 1 is 1.24 bits per heavy atom. The first-order chi connectivity index (χ1) is 11.8. The molecule has 7 nitrogen and oxygen atoms in total. The van der Waals surface area contributed by atoms with Gasteiger partial charge >= 0.3 is 12.2 Å². The van der Waals surface area contributed by atoms with Crippen molar-refractivity contribution in [2.75, 3.05) is 31.2 Å². The molecule has 0 radical (unpaired) electrons. The molecule has 1 unspecified atom stereocenters. The van der Waals surface area contributed by atoms with E-state index >= 15 is 0 Å². The summed E-state index contributed by atoms with van der Waals surface area (Å²) in [5.41, 5.74) is 0.431. The molecule has 1 N–H and O–H groups in total. The topological polar surface area (TPSA) is 74.8 Å². The molecule has 10 heteroatoms. The number of nitrogens with one attached hydrogen (secondary N) is 1. The molecule has 1 aromatic rings. The number of carbonyl (C=O) groups excluding carboxylic acids is 2. The summed E-state index contributed by atoms with van der Waals surface area (Å²) in [6.45, 7) is 2.34. The van der Waals surface area contributed by atoms with Gasteiger partial charge in [0.2, 0.25) is 0 Å². The lowest BCUT2D eigenvalue weighted by molar-refractivity contribution is -0.149. The maximum absolute atomic E-state index is 12.5. The van der Waals surface area contributed by atoms with Crippen molar-refractivity contribution < 1.29 is 27.5 Å². The minimum absolute atomic E-state index is 0.169. The van der Waals surface area contributed by atoms with Gasteiger partial charge in [-0.2, -0.15) is 13.2 Å². The normalized spacial score (nSPS) is 21.6. The van der Waals surface area contributed by atoms with Crippen LogP contribution in [0.5, 0.6) is 0 Å². The van der Waals surface area contributed by atoms with Crippen molar-refractivity contribution in [1.82, 2.24) is 15.2 Å². The molecule has 0 bridgehead atoms. The highest BCUT2D eigenvalue weighted by Gasteiger charge is 2.44. The number of halogens is 3. The highest BCUT2D eigenvalue weighted by Crippen LogP contribution is 2.25. The molecule has 0 aromatic carbocycles. The molecule has 136 valence electrons. The molecule has 2 aliphatic rings. The Morgan fingerprint density at radius 3 is 2.64 bits per heavy atom. The quantitative estimate of drug-likeness (QED) is 0.821. The van der Waals surface area contributed by atoms with E-state index in [1.165, 1.54) is 0 Å². The molecule has 3 amide bonds. The van der Waals surface area contributed by atoms with Crippen LogP contribution in [0.15, 0.2) is 18.2 Å². The Bertz CT molecular complexity index is 662. The largest absolute Gasteiger partial charge is 0.391 e. The number of carbonyl (C=O) groups is 2. The standard InChI is InChI=1S/C15H17F3N4O3/c16-15(17,18)8-11-13(23)22(14(24)20-11)9-10-2-1-3-12(19-10)21-4-6-25-7-5-21/h1-3,11H,4-9H2,(H,20,24). The highest BCUT2D eigenvalue weighted by molar-refractivity contribution is 6.04. The van der Waals surface area contributed by atoms with E-state index in [0.717, 1.165) is 4.90 Å². The second-order valence-corrected chi connectivity index (χ2v) is 5.83. The fourth-order valence-electron chi connectivity index (χ4n) is 2.78. The monoisotopic (exact) mass is 358 g/mol. The fourth-order valence-corrected chi connectivity index (χ4v) is 2.78. The van der Waals surface area contributed by atoms with Crippen LogP contribution in [0.1, 0.15) is 12.1 Å². The first-order valence-electron chi connectivity index (χ1n) is 7.81. The van der Waals surface area contributed by atoms with Crippen LogP contribution in [0, 0.1) is 0 Å². The van der Waals surface area contributed by atoms with Crippen molar-refractivity contribution in [2.45, 2.75) is 25.2 Å². The third-order valence-electron chi connectivity index (χ3n) is 3.99. The number of amides is 3. The van der Waals surface area contributed by atoms with Gasteiger partial charge in [-0.1, -0.05) is 6.07 Å². The molecule has 3 rings (SSSR count). The number of urea groups is 1. The molecule has 2 fully saturated rings. The van der Waals surface area contributed by atoms with Crippen LogP contribution < -0.4 is 10.2 Å². The number of pyridine rings is 1. The van der Waals surface area contributed by atoms with Crippen molar-refractivity contribution in [3.05, 3.63) is 23.9 Å². The van der Waals surface area contributed by atoms with E-state index in [-0.39, 0.29) is 6.54 Å². The zero-order valence-corrected chi connectivity index (χ0v) is 13.3. The summed E-state index contributed by atoms with van der Waals surface area (Å²) >= 11 is 0. The number of imide groups is 1. The Balaban J connectivity index is 1.69. The minimum atomic E-state index is -4.53. The van der Waals surface area contributed by atoms with Crippen LogP contribution in [0.2, 0.25) is 0 Å². The number of morpholine rings is 1. The Kier molecular flexibility index (Phi) is 4.80. The Labute approximate surface area is 141 Å². The summed E-state index contributed by atoms with van der Waals surface area (Å²) in [6, 6.07) is 2.75. The minimum Gasteiger partial charge on any atom is -0.378 e. The van der Waals surface area contributed by atoms with Gasteiger partial charge in [-0.05, 0) is 12.1 Å². The molecule has 0 spiro atoms. The van der Waals surface area contributed by atoms with Crippen LogP contribution in [-0.4, -0.2) is 60.3 Å². The van der Waals surface area contributed by atoms with Gasteiger partial charge in [0, 0.05) is 13.1 Å². The molecule has 25 heavy (non-hydrogen) atoms. The van der Waals surface area contributed by atoms with Crippen molar-refractivity contribution in [1.29, 1.82) is 0 Å². The second-order valence-electron chi connectivity index (χ2n) is 5.83. The van der Waals surface area contributed by atoms with E-state index in [4.69, 9.17) is 4.74 Å². The van der Waals surface area contributed by atoms with E-state index < -0.39 is 30.6 Å². The number of hydrogen-bond acceptors (Lipinski definition) is 5. The predicted molar refractivity (Wildman–Crippen MR) is 80.8 cm³/mol. The number of rotatable bonds is 4. The van der Waals surface area contributed by atoms with Crippen molar-refractivity contribution in [3.8, 4) is 0 Å². The van der Waals surface area contributed by atoms with Gasteiger partial charge in [0.15, 0.2) is 0 Å². The lowest BCUT2D eigenvalue weighted by Gasteiger charge is -2.28. The number of nitrogens with zero attached hydrogens (tertiary/aromatic N) is 3. The molecule has 2 aliphatic heterocycles. The molecule has 1 atom stereocenters. The van der Waals surface area contributed by atoms with E-state index in [1.54, 1.807) is 18.2 Å². The summed E-state index contributed by atoms with van der Waals surface area (Å²) in [7, 11) is 0. The molecule has 0 aliphatic carbocycles. The predicted octanol–water partition coefficient (Wildman–Crippen LogP) is 1.29. The van der Waals surface area contributed by atoms with Crippen LogP contribution in [0.4, 0.5) is 23.8 Å². The van der Waals surface area contributed by atoms with Crippen LogP contribution in [-0.2, 0) is 16.1 Å². The van der Waals surface area contributed by atoms with Gasteiger partial charge in [-0.25, -0.2) is 9.78 Å². The average molecular weight is 358 g/mol. The summed E-state index contributed by atoms with van der Waals surface area (Å²) < 4.78 is 42.7. The van der Waals surface area contributed by atoms with Crippen molar-refractivity contribution >= 4 is 17.8 Å². The first kappa shape index (κ1) is 17.5. The SMILES string of the molecule is O=C1NC(CC(F)(F)F)C(=O)N1Cc1cccc(N2CCOCC2)n1. The molecule has 3 heterocycles. The zero-order valence-electron chi connectivity index (χ0n) is 13.3. The molecule has 0 saturated carbocycles. The lowest BCUT2D eigenvalue weighted by atomic mass is 10.2. The maximum Gasteiger partial charge on any atom is 0.391 e. The third kappa shape index (κ3) is 4.19. The summed E-state index contributed by atoms with van der Waals surface area (Å²) in [6.07, 6.45) is -5.91. The number of aromatic nitrogens is 1. The van der Waals surface area contributed by atoms with Gasteiger partial charge in [0.25, 0.3) is 5.91 Å². The molecular formula is C15H17F3N4O3. The summed E-state index contributed by atoms with van der Waals surface area (Å²) in [4.78, 5) is 31.1. The zero-order chi connectivity index (χ0) is 18.0. The highest BCUT2D eigenvalue weighted by atomic mass is 19.4. The van der Waals surface area contributed by atoms with Crippen LogP contribution >= 0.6 is 0 Å². The van der Waals surface area contributed by atoms with E-state index in [9.17, 15) is 22.8 Å². The van der Waals surface area contributed by atoms with E-state index in [0.29, 0.717) is 37.8 Å². The third-order valence-corrected chi connectivity index (χ3v) is 3.99. The van der Waals surface area contributed by atoms with Gasteiger partial charge in [0.05, 0.1) is 31.9 Å². The fraction of sp³-hybridized carbons (Fsp3) is 0.533. The number of hydrogen-bond donors (Lipinski definition) is 1. The number of ether oxygens (including phenoxy) is 1. The number of alkyl halides is 3. The van der Waals surface area contributed by atoms with Crippen molar-refractivity contribution in [3.63, 3.8) is 0 Å². The van der Waals surface area contributed by atoms with Gasteiger partial charge < -0.3 is 15.0 Å². The Hall–Kier alpha value is -2.36. The number of anilines is 1. The van der Waals surface area contributed by atoms with Crippen molar-refractivity contribution in [2.24, 2.45) is 0 Å². The van der Waals surface area contributed by atoms with Crippen LogP contribution in [0.25, 0.3) is 0 Å². The molecule has 2 saturated heterocycles. The Morgan fingerprint density at radius 2 is 1.96 bits per heavy atom. The molecule has 1 aromatic heterocycles. The maximum atomic E-state index is 12.5. The average Bonchev–Trinajstić information content (AvgIpc) is 2.82. The van der Waals surface area contributed by atoms with Gasteiger partial charge in [-0.3, -0.25) is 9.69 Å². The summed E-state index contributed by atoms with van der Waals surface area (Å²) in [5, 5.41) is 2.07. The van der Waals surface area contributed by atoms with E-state index in [1.807, 2.05) is 4.90 Å². The van der Waals surface area contributed by atoms with Gasteiger partial charge in [-0.15, -0.1) is 0 Å². The first-order valence-corrected chi connectivity index (χ1v) is 7.81. The molecular weight excluding hydrogens is 341 g/mol. The van der Waals surface area contributed by atoms with E-state index in [2.05, 4.69) is 10.3 Å². The second kappa shape index (κ2) is 6.87. The smallest absolute Gasteiger partial charge is 0.378 e.